The third-order valence-corrected chi connectivity index (χ3v) is 6.82. The highest BCUT2D eigenvalue weighted by Gasteiger charge is 2.53. The zero-order chi connectivity index (χ0) is 25.1. The van der Waals surface area contributed by atoms with Crippen molar-refractivity contribution in [3.05, 3.63) is 102 Å². The molecule has 0 spiro atoms. The fraction of sp³-hybridized carbons (Fsp3) is 0.250. The number of nitrogens with zero attached hydrogens (tertiary/aromatic N) is 5. The Labute approximate surface area is 209 Å². The number of aromatic nitrogens is 3. The van der Waals surface area contributed by atoms with Crippen LogP contribution in [0.1, 0.15) is 29.8 Å². The van der Waals surface area contributed by atoms with E-state index >= 15 is 0 Å². The second-order valence-electron chi connectivity index (χ2n) is 9.15. The standard InChI is InChI=1S/C28H27N5O3/c1-31(20-23-19-30-24-12-6-8-15-32(23)24)25(34)17-28(21-9-3-2-4-10-21)18-26(35)33(27(28)36)16-13-22-11-5-7-14-29-22/h2-12,14-15,19H,13,16-18,20H2,1H3/t28-/m0/s1. The molecule has 3 amide bonds. The largest absolute Gasteiger partial charge is 0.340 e. The Bertz CT molecular complexity index is 1400. The lowest BCUT2D eigenvalue weighted by Crippen LogP contribution is -2.43. The summed E-state index contributed by atoms with van der Waals surface area (Å²) in [5.41, 5.74) is 1.92. The maximum atomic E-state index is 13.8. The van der Waals surface area contributed by atoms with Crippen LogP contribution in [0.2, 0.25) is 0 Å². The van der Waals surface area contributed by atoms with E-state index in [1.165, 1.54) is 4.90 Å². The van der Waals surface area contributed by atoms with E-state index in [9.17, 15) is 14.4 Å². The Morgan fingerprint density at radius 3 is 2.56 bits per heavy atom. The van der Waals surface area contributed by atoms with Gasteiger partial charge in [0.05, 0.1) is 23.9 Å². The molecule has 0 unspecified atom stereocenters. The normalized spacial score (nSPS) is 17.6. The van der Waals surface area contributed by atoms with E-state index in [1.807, 2.05) is 77.3 Å². The van der Waals surface area contributed by atoms with Gasteiger partial charge in [-0.2, -0.15) is 0 Å². The van der Waals surface area contributed by atoms with Crippen LogP contribution >= 0.6 is 0 Å². The second-order valence-corrected chi connectivity index (χ2v) is 9.15. The highest BCUT2D eigenvalue weighted by Crippen LogP contribution is 2.40. The third-order valence-electron chi connectivity index (χ3n) is 6.82. The van der Waals surface area contributed by atoms with E-state index in [-0.39, 0.29) is 37.1 Å². The summed E-state index contributed by atoms with van der Waals surface area (Å²) in [5.74, 6) is -0.805. The van der Waals surface area contributed by atoms with Gasteiger partial charge in [-0.1, -0.05) is 42.5 Å². The molecule has 5 rings (SSSR count). The minimum atomic E-state index is -1.23. The van der Waals surface area contributed by atoms with Crippen molar-refractivity contribution in [2.75, 3.05) is 13.6 Å². The van der Waals surface area contributed by atoms with E-state index in [4.69, 9.17) is 0 Å². The Kier molecular flexibility index (Phi) is 6.33. The van der Waals surface area contributed by atoms with Gasteiger partial charge in [-0.25, -0.2) is 4.98 Å². The van der Waals surface area contributed by atoms with Crippen molar-refractivity contribution in [1.82, 2.24) is 24.2 Å². The smallest absolute Gasteiger partial charge is 0.240 e. The number of hydrogen-bond acceptors (Lipinski definition) is 5. The lowest BCUT2D eigenvalue weighted by molar-refractivity contribution is -0.142. The molecule has 0 bridgehead atoms. The number of carbonyl (C=O) groups is 3. The SMILES string of the molecule is CN(Cc1cnc2ccccn12)C(=O)C[C@@]1(c2ccccc2)CC(=O)N(CCc2ccccn2)C1=O. The number of imide groups is 1. The van der Waals surface area contributed by atoms with Crippen molar-refractivity contribution in [1.29, 1.82) is 0 Å². The van der Waals surface area contributed by atoms with Crippen LogP contribution in [0.25, 0.3) is 5.65 Å². The number of rotatable bonds is 8. The van der Waals surface area contributed by atoms with Crippen LogP contribution in [0.15, 0.2) is 85.3 Å². The van der Waals surface area contributed by atoms with Crippen LogP contribution in [-0.2, 0) is 32.8 Å². The van der Waals surface area contributed by atoms with Crippen molar-refractivity contribution in [3.63, 3.8) is 0 Å². The molecule has 1 aliphatic heterocycles. The number of amides is 3. The Hall–Kier alpha value is -4.33. The molecule has 3 aromatic heterocycles. The summed E-state index contributed by atoms with van der Waals surface area (Å²) in [5, 5.41) is 0. The maximum absolute atomic E-state index is 13.8. The number of hydrogen-bond donors (Lipinski definition) is 0. The first-order valence-electron chi connectivity index (χ1n) is 11.9. The summed E-state index contributed by atoms with van der Waals surface area (Å²) in [4.78, 5) is 52.0. The highest BCUT2D eigenvalue weighted by molar-refractivity contribution is 6.10. The van der Waals surface area contributed by atoms with Crippen molar-refractivity contribution in [2.45, 2.75) is 31.2 Å². The number of benzene rings is 1. The van der Waals surface area contributed by atoms with Crippen molar-refractivity contribution >= 4 is 23.4 Å². The zero-order valence-electron chi connectivity index (χ0n) is 20.1. The van der Waals surface area contributed by atoms with Gasteiger partial charge in [-0.15, -0.1) is 0 Å². The molecule has 182 valence electrons. The molecule has 8 heteroatoms. The number of pyridine rings is 2. The minimum absolute atomic E-state index is 0.0345. The first-order valence-corrected chi connectivity index (χ1v) is 11.9. The van der Waals surface area contributed by atoms with E-state index in [1.54, 1.807) is 24.3 Å². The van der Waals surface area contributed by atoms with Gasteiger partial charge in [0.25, 0.3) is 0 Å². The number of fused-ring (bicyclic) bond motifs is 1. The molecule has 4 aromatic rings. The van der Waals surface area contributed by atoms with Gasteiger partial charge in [0.1, 0.15) is 5.65 Å². The van der Waals surface area contributed by atoms with Gasteiger partial charge >= 0.3 is 0 Å². The summed E-state index contributed by atoms with van der Waals surface area (Å²) in [6, 6.07) is 20.5. The first-order chi connectivity index (χ1) is 17.5. The molecule has 0 N–H and O–H groups in total. The van der Waals surface area contributed by atoms with Gasteiger partial charge in [-0.3, -0.25) is 24.3 Å². The van der Waals surface area contributed by atoms with Gasteiger partial charge in [-0.05, 0) is 29.8 Å². The summed E-state index contributed by atoms with van der Waals surface area (Å²) in [7, 11) is 1.71. The molecular weight excluding hydrogens is 454 g/mol. The van der Waals surface area contributed by atoms with E-state index < -0.39 is 5.41 Å². The molecule has 8 nitrogen and oxygen atoms in total. The molecule has 1 fully saturated rings. The van der Waals surface area contributed by atoms with Crippen LogP contribution in [0.3, 0.4) is 0 Å². The first kappa shape index (κ1) is 23.4. The average Bonchev–Trinajstić information content (AvgIpc) is 3.42. The molecule has 0 saturated carbocycles. The predicted octanol–water partition coefficient (Wildman–Crippen LogP) is 3.02. The molecule has 36 heavy (non-hydrogen) atoms. The Morgan fingerprint density at radius 1 is 1.00 bits per heavy atom. The van der Waals surface area contributed by atoms with Gasteiger partial charge in [0.2, 0.25) is 17.7 Å². The quantitative estimate of drug-likeness (QED) is 0.361. The lowest BCUT2D eigenvalue weighted by Gasteiger charge is -2.29. The highest BCUT2D eigenvalue weighted by atomic mass is 16.2. The van der Waals surface area contributed by atoms with Crippen LogP contribution < -0.4 is 0 Å². The van der Waals surface area contributed by atoms with E-state index in [0.29, 0.717) is 18.5 Å². The van der Waals surface area contributed by atoms with Crippen LogP contribution in [0.4, 0.5) is 0 Å². The molecule has 1 atom stereocenters. The van der Waals surface area contributed by atoms with Gasteiger partial charge in [0, 0.05) is 50.9 Å². The minimum Gasteiger partial charge on any atom is -0.340 e. The van der Waals surface area contributed by atoms with Gasteiger partial charge in [0.15, 0.2) is 0 Å². The fourth-order valence-corrected chi connectivity index (χ4v) is 4.85. The van der Waals surface area contributed by atoms with E-state index in [0.717, 1.165) is 17.0 Å². The average molecular weight is 482 g/mol. The molecule has 1 aliphatic rings. The van der Waals surface area contributed by atoms with Crippen molar-refractivity contribution in [2.24, 2.45) is 0 Å². The predicted molar refractivity (Wildman–Crippen MR) is 134 cm³/mol. The lowest BCUT2D eigenvalue weighted by atomic mass is 9.75. The zero-order valence-corrected chi connectivity index (χ0v) is 20.1. The summed E-state index contributed by atoms with van der Waals surface area (Å²) in [6.07, 6.45) is 5.68. The molecule has 1 aromatic carbocycles. The molecule has 0 aliphatic carbocycles. The Morgan fingerprint density at radius 2 is 1.78 bits per heavy atom. The maximum Gasteiger partial charge on any atom is 0.240 e. The van der Waals surface area contributed by atoms with Gasteiger partial charge < -0.3 is 9.30 Å². The topological polar surface area (TPSA) is 87.9 Å². The number of imidazole rings is 1. The molecule has 0 radical (unpaired) electrons. The number of likely N-dealkylation sites (tertiary alicyclic amines) is 1. The summed E-state index contributed by atoms with van der Waals surface area (Å²) < 4.78 is 1.93. The summed E-state index contributed by atoms with van der Waals surface area (Å²) in [6.45, 7) is 0.565. The third kappa shape index (κ3) is 4.37. The Balaban J connectivity index is 1.38. The second kappa shape index (κ2) is 9.73. The van der Waals surface area contributed by atoms with Crippen LogP contribution in [-0.4, -0.2) is 55.5 Å². The fourth-order valence-electron chi connectivity index (χ4n) is 4.85. The van der Waals surface area contributed by atoms with Crippen molar-refractivity contribution in [3.8, 4) is 0 Å². The number of carbonyl (C=O) groups excluding carboxylic acids is 3. The van der Waals surface area contributed by atoms with Crippen LogP contribution in [0.5, 0.6) is 0 Å². The monoisotopic (exact) mass is 481 g/mol. The molecular formula is C28H27N5O3. The van der Waals surface area contributed by atoms with Crippen LogP contribution in [0, 0.1) is 0 Å². The summed E-state index contributed by atoms with van der Waals surface area (Å²) >= 11 is 0. The van der Waals surface area contributed by atoms with Crippen molar-refractivity contribution < 1.29 is 14.4 Å². The molecule has 4 heterocycles. The molecule has 1 saturated heterocycles. The van der Waals surface area contributed by atoms with E-state index in [2.05, 4.69) is 9.97 Å².